The van der Waals surface area contributed by atoms with Crippen molar-refractivity contribution in [1.82, 2.24) is 4.90 Å². The molecule has 0 amide bonds. The summed E-state index contributed by atoms with van der Waals surface area (Å²) < 4.78 is 0. The third-order valence-electron chi connectivity index (χ3n) is 6.00. The van der Waals surface area contributed by atoms with Gasteiger partial charge in [0, 0.05) is 36.5 Å². The first-order valence-corrected chi connectivity index (χ1v) is 11.1. The third kappa shape index (κ3) is 4.55. The van der Waals surface area contributed by atoms with Gasteiger partial charge in [-0.3, -0.25) is 0 Å². The van der Waals surface area contributed by atoms with Crippen molar-refractivity contribution in [3.8, 4) is 0 Å². The lowest BCUT2D eigenvalue weighted by Gasteiger charge is -2.38. The van der Waals surface area contributed by atoms with Crippen LogP contribution >= 0.6 is 12.2 Å². The Balaban J connectivity index is 1.47. The lowest BCUT2D eigenvalue weighted by Crippen LogP contribution is -3.15. The molecule has 1 heterocycles. The number of quaternary nitrogens is 1. The minimum Gasteiger partial charge on any atom is -0.378 e. The first-order chi connectivity index (χ1) is 14.6. The van der Waals surface area contributed by atoms with Gasteiger partial charge in [-0.2, -0.15) is 0 Å². The number of hydrogen-bond donors (Lipinski definition) is 1. The summed E-state index contributed by atoms with van der Waals surface area (Å²) in [7, 11) is 4.12. The van der Waals surface area contributed by atoms with E-state index in [2.05, 4.69) is 109 Å². The monoisotopic (exact) mass is 416 g/mol. The van der Waals surface area contributed by atoms with E-state index in [1.54, 1.807) is 4.90 Å². The molecule has 1 fully saturated rings. The lowest BCUT2D eigenvalue weighted by atomic mass is 9.96. The molecule has 0 spiro atoms. The van der Waals surface area contributed by atoms with E-state index in [4.69, 9.17) is 12.2 Å². The van der Waals surface area contributed by atoms with Crippen LogP contribution in [0.1, 0.15) is 22.7 Å². The highest BCUT2D eigenvalue weighted by Gasteiger charge is 2.30. The van der Waals surface area contributed by atoms with Crippen LogP contribution in [0.15, 0.2) is 84.9 Å². The number of rotatable bonds is 5. The largest absolute Gasteiger partial charge is 0.378 e. The second-order valence-electron chi connectivity index (χ2n) is 8.15. The summed E-state index contributed by atoms with van der Waals surface area (Å²) in [5.41, 5.74) is 5.11. The minimum atomic E-state index is 0.363. The molecule has 3 nitrogen and oxygen atoms in total. The van der Waals surface area contributed by atoms with Gasteiger partial charge >= 0.3 is 0 Å². The minimum absolute atomic E-state index is 0.363. The van der Waals surface area contributed by atoms with Crippen molar-refractivity contribution in [2.45, 2.75) is 6.04 Å². The highest BCUT2D eigenvalue weighted by atomic mass is 32.1. The van der Waals surface area contributed by atoms with Crippen LogP contribution in [0.4, 0.5) is 5.69 Å². The highest BCUT2D eigenvalue weighted by molar-refractivity contribution is 7.80. The van der Waals surface area contributed by atoms with Crippen LogP contribution in [0.2, 0.25) is 0 Å². The third-order valence-corrected chi connectivity index (χ3v) is 6.49. The highest BCUT2D eigenvalue weighted by Crippen LogP contribution is 2.20. The molecule has 1 saturated heterocycles. The fourth-order valence-corrected chi connectivity index (χ4v) is 4.64. The van der Waals surface area contributed by atoms with E-state index < -0.39 is 0 Å². The Labute approximate surface area is 185 Å². The second-order valence-corrected chi connectivity index (χ2v) is 8.53. The van der Waals surface area contributed by atoms with Crippen molar-refractivity contribution < 1.29 is 4.90 Å². The molecule has 0 aromatic heterocycles. The molecule has 4 rings (SSSR count). The van der Waals surface area contributed by atoms with E-state index in [9.17, 15) is 0 Å². The second kappa shape index (κ2) is 9.41. The number of piperazine rings is 1. The summed E-state index contributed by atoms with van der Waals surface area (Å²) in [6, 6.07) is 30.8. The van der Waals surface area contributed by atoms with Gasteiger partial charge in [-0.25, -0.2) is 0 Å². The van der Waals surface area contributed by atoms with Crippen LogP contribution in [-0.4, -0.2) is 50.2 Å². The van der Waals surface area contributed by atoms with Gasteiger partial charge in [0.2, 0.25) is 0 Å². The van der Waals surface area contributed by atoms with Crippen molar-refractivity contribution in [3.05, 3.63) is 102 Å². The number of hydrogen-bond acceptors (Lipinski definition) is 2. The molecule has 3 aromatic carbocycles. The van der Waals surface area contributed by atoms with Gasteiger partial charge in [0.25, 0.3) is 0 Å². The van der Waals surface area contributed by atoms with Gasteiger partial charge < -0.3 is 14.7 Å². The predicted octanol–water partition coefficient (Wildman–Crippen LogP) is 3.42. The van der Waals surface area contributed by atoms with Crippen LogP contribution in [0.3, 0.4) is 0 Å². The predicted molar refractivity (Wildman–Crippen MR) is 129 cm³/mol. The Morgan fingerprint density at radius 1 is 0.800 bits per heavy atom. The number of nitrogens with zero attached hydrogens (tertiary/aromatic N) is 2. The van der Waals surface area contributed by atoms with E-state index in [-0.39, 0.29) is 0 Å². The first-order valence-electron chi connectivity index (χ1n) is 10.6. The maximum Gasteiger partial charge on any atom is 0.139 e. The standard InChI is InChI=1S/C26H29N3S/c1-27(2)24-15-13-23(14-16-24)26(30)29-19-17-28(18-20-29)25(21-9-5-3-6-10-21)22-11-7-4-8-12-22/h3-16,25H,17-20H2,1-2H3/p+1. The van der Waals surface area contributed by atoms with Gasteiger partial charge in [-0.15, -0.1) is 0 Å². The molecular formula is C26H30N3S+. The van der Waals surface area contributed by atoms with E-state index >= 15 is 0 Å². The van der Waals surface area contributed by atoms with Crippen molar-refractivity contribution in [2.75, 3.05) is 45.2 Å². The molecule has 4 heteroatoms. The SMILES string of the molecule is CN(C)c1ccc(C(=S)N2CC[NH+](C(c3ccccc3)c3ccccc3)CC2)cc1. The molecular weight excluding hydrogens is 386 g/mol. The van der Waals surface area contributed by atoms with Crippen LogP contribution in [0.25, 0.3) is 0 Å². The Kier molecular flexibility index (Phi) is 6.46. The van der Waals surface area contributed by atoms with Gasteiger partial charge in [0.15, 0.2) is 0 Å². The van der Waals surface area contributed by atoms with Crippen molar-refractivity contribution in [2.24, 2.45) is 0 Å². The molecule has 0 unspecified atom stereocenters. The molecule has 154 valence electrons. The maximum absolute atomic E-state index is 5.84. The topological polar surface area (TPSA) is 10.9 Å². The van der Waals surface area contributed by atoms with Crippen molar-refractivity contribution >= 4 is 22.9 Å². The molecule has 0 radical (unpaired) electrons. The van der Waals surface area contributed by atoms with Crippen LogP contribution in [0, 0.1) is 0 Å². The number of anilines is 1. The van der Waals surface area contributed by atoms with E-state index in [0.717, 1.165) is 36.7 Å². The molecule has 0 saturated carbocycles. The summed E-state index contributed by atoms with van der Waals surface area (Å²) in [6.45, 7) is 4.12. The van der Waals surface area contributed by atoms with Crippen LogP contribution < -0.4 is 9.80 Å². The Hall–Kier alpha value is -2.69. The Morgan fingerprint density at radius 2 is 1.30 bits per heavy atom. The molecule has 1 aliphatic heterocycles. The maximum atomic E-state index is 5.84. The van der Waals surface area contributed by atoms with E-state index in [0.29, 0.717) is 6.04 Å². The molecule has 0 aliphatic carbocycles. The molecule has 3 aromatic rings. The van der Waals surface area contributed by atoms with Gasteiger partial charge in [-0.1, -0.05) is 72.9 Å². The fourth-order valence-electron chi connectivity index (χ4n) is 4.33. The molecule has 1 aliphatic rings. The molecule has 0 atom stereocenters. The average Bonchev–Trinajstić information content (AvgIpc) is 2.81. The van der Waals surface area contributed by atoms with Crippen molar-refractivity contribution in [1.29, 1.82) is 0 Å². The van der Waals surface area contributed by atoms with Crippen molar-refractivity contribution in [3.63, 3.8) is 0 Å². The van der Waals surface area contributed by atoms with E-state index in [1.165, 1.54) is 16.8 Å². The van der Waals surface area contributed by atoms with Crippen LogP contribution in [0.5, 0.6) is 0 Å². The first kappa shape index (κ1) is 20.6. The zero-order chi connectivity index (χ0) is 20.9. The summed E-state index contributed by atoms with van der Waals surface area (Å²) in [5, 5.41) is 0. The van der Waals surface area contributed by atoms with Gasteiger partial charge in [0.1, 0.15) is 11.0 Å². The summed E-state index contributed by atoms with van der Waals surface area (Å²) >= 11 is 5.84. The fraction of sp³-hybridized carbons (Fsp3) is 0.269. The summed E-state index contributed by atoms with van der Waals surface area (Å²) in [6.07, 6.45) is 0. The van der Waals surface area contributed by atoms with Crippen LogP contribution in [-0.2, 0) is 0 Å². The number of nitrogens with one attached hydrogen (secondary N) is 1. The Bertz CT molecular complexity index is 907. The number of benzene rings is 3. The zero-order valence-electron chi connectivity index (χ0n) is 17.8. The molecule has 30 heavy (non-hydrogen) atoms. The smallest absolute Gasteiger partial charge is 0.139 e. The lowest BCUT2D eigenvalue weighted by molar-refractivity contribution is -0.929. The zero-order valence-corrected chi connectivity index (χ0v) is 18.6. The Morgan fingerprint density at radius 3 is 1.77 bits per heavy atom. The number of thiocarbonyl (C=S) groups is 1. The summed E-state index contributed by atoms with van der Waals surface area (Å²) in [5.74, 6) is 0. The molecule has 0 bridgehead atoms. The molecule has 1 N–H and O–H groups in total. The van der Waals surface area contributed by atoms with Gasteiger partial charge in [-0.05, 0) is 24.3 Å². The van der Waals surface area contributed by atoms with E-state index in [1.807, 2.05) is 0 Å². The average molecular weight is 417 g/mol. The quantitative estimate of drug-likeness (QED) is 0.640. The van der Waals surface area contributed by atoms with Gasteiger partial charge in [0.05, 0.1) is 26.2 Å². The normalized spacial score (nSPS) is 14.7. The summed E-state index contributed by atoms with van der Waals surface area (Å²) in [4.78, 5) is 7.06.